The summed E-state index contributed by atoms with van der Waals surface area (Å²) >= 11 is 0. The predicted molar refractivity (Wildman–Crippen MR) is 66.1 cm³/mol. The molecule has 0 saturated heterocycles. The lowest BCUT2D eigenvalue weighted by Gasteiger charge is -2.21. The summed E-state index contributed by atoms with van der Waals surface area (Å²) in [5.41, 5.74) is 1.32. The molecule has 0 aliphatic carbocycles. The fraction of sp³-hybridized carbons (Fsp3) is 0.462. The third kappa shape index (κ3) is 4.94. The molecule has 0 fully saturated rings. The van der Waals surface area contributed by atoms with E-state index in [0.717, 1.165) is 39.0 Å². The van der Waals surface area contributed by atoms with Crippen LogP contribution >= 0.6 is 0 Å². The number of amides is 1. The topological polar surface area (TPSA) is 32.3 Å². The largest absolute Gasteiger partial charge is 0.357 e. The minimum atomic E-state index is 0.719. The van der Waals surface area contributed by atoms with Gasteiger partial charge in [-0.05, 0) is 18.5 Å². The van der Waals surface area contributed by atoms with Crippen LogP contribution in [0.2, 0.25) is 0 Å². The molecule has 3 nitrogen and oxygen atoms in total. The molecule has 16 heavy (non-hydrogen) atoms. The lowest BCUT2D eigenvalue weighted by molar-refractivity contribution is -0.109. The SMILES string of the molecule is CCCN(CCNC=O)Cc1ccccc1. The van der Waals surface area contributed by atoms with E-state index in [4.69, 9.17) is 0 Å². The first kappa shape index (κ1) is 12.7. The zero-order valence-corrected chi connectivity index (χ0v) is 9.86. The van der Waals surface area contributed by atoms with E-state index in [2.05, 4.69) is 41.4 Å². The molecule has 1 aromatic carbocycles. The van der Waals surface area contributed by atoms with Crippen LogP contribution in [0.25, 0.3) is 0 Å². The zero-order valence-electron chi connectivity index (χ0n) is 9.86. The fourth-order valence-electron chi connectivity index (χ4n) is 1.71. The second-order valence-corrected chi connectivity index (χ2v) is 3.83. The predicted octanol–water partition coefficient (Wildman–Crippen LogP) is 1.64. The molecular formula is C13H20N2O. The van der Waals surface area contributed by atoms with Gasteiger partial charge in [-0.1, -0.05) is 37.3 Å². The Labute approximate surface area is 97.5 Å². The molecule has 0 atom stereocenters. The van der Waals surface area contributed by atoms with Gasteiger partial charge in [0.2, 0.25) is 6.41 Å². The normalized spacial score (nSPS) is 10.4. The van der Waals surface area contributed by atoms with E-state index >= 15 is 0 Å². The smallest absolute Gasteiger partial charge is 0.207 e. The van der Waals surface area contributed by atoms with Crippen molar-refractivity contribution in [2.75, 3.05) is 19.6 Å². The van der Waals surface area contributed by atoms with Crippen molar-refractivity contribution in [2.24, 2.45) is 0 Å². The minimum absolute atomic E-state index is 0.719. The highest BCUT2D eigenvalue weighted by Crippen LogP contribution is 2.04. The van der Waals surface area contributed by atoms with Gasteiger partial charge < -0.3 is 5.32 Å². The molecular weight excluding hydrogens is 200 g/mol. The Hall–Kier alpha value is -1.35. The first-order chi connectivity index (χ1) is 7.86. The Balaban J connectivity index is 2.40. The van der Waals surface area contributed by atoms with Crippen molar-refractivity contribution in [3.8, 4) is 0 Å². The van der Waals surface area contributed by atoms with E-state index in [1.165, 1.54) is 5.56 Å². The molecule has 1 rings (SSSR count). The molecule has 0 radical (unpaired) electrons. The van der Waals surface area contributed by atoms with Gasteiger partial charge in [-0.3, -0.25) is 9.69 Å². The third-order valence-electron chi connectivity index (χ3n) is 2.44. The highest BCUT2D eigenvalue weighted by atomic mass is 16.1. The van der Waals surface area contributed by atoms with Crippen LogP contribution < -0.4 is 5.32 Å². The number of hydrogen-bond acceptors (Lipinski definition) is 2. The van der Waals surface area contributed by atoms with E-state index in [1.807, 2.05) is 6.07 Å². The third-order valence-corrected chi connectivity index (χ3v) is 2.44. The van der Waals surface area contributed by atoms with E-state index in [9.17, 15) is 4.79 Å². The average molecular weight is 220 g/mol. The fourth-order valence-corrected chi connectivity index (χ4v) is 1.71. The van der Waals surface area contributed by atoms with Crippen LogP contribution in [0.4, 0.5) is 0 Å². The maximum absolute atomic E-state index is 10.2. The molecule has 0 aliphatic rings. The van der Waals surface area contributed by atoms with Crippen molar-refractivity contribution in [1.29, 1.82) is 0 Å². The molecule has 0 aromatic heterocycles. The lowest BCUT2D eigenvalue weighted by atomic mass is 10.2. The van der Waals surface area contributed by atoms with Crippen molar-refractivity contribution in [1.82, 2.24) is 10.2 Å². The van der Waals surface area contributed by atoms with E-state index in [0.29, 0.717) is 0 Å². The Kier molecular flexibility index (Phi) is 6.26. The van der Waals surface area contributed by atoms with Crippen LogP contribution in [-0.2, 0) is 11.3 Å². The monoisotopic (exact) mass is 220 g/mol. The van der Waals surface area contributed by atoms with Crippen molar-refractivity contribution in [2.45, 2.75) is 19.9 Å². The molecule has 1 amide bonds. The van der Waals surface area contributed by atoms with Crippen LogP contribution in [-0.4, -0.2) is 30.9 Å². The van der Waals surface area contributed by atoms with Crippen LogP contribution in [0.3, 0.4) is 0 Å². The van der Waals surface area contributed by atoms with Gasteiger partial charge >= 0.3 is 0 Å². The Morgan fingerprint density at radius 2 is 2.00 bits per heavy atom. The van der Waals surface area contributed by atoms with E-state index in [1.54, 1.807) is 0 Å². The van der Waals surface area contributed by atoms with Gasteiger partial charge in [0.25, 0.3) is 0 Å². The summed E-state index contributed by atoms with van der Waals surface area (Å²) in [7, 11) is 0. The van der Waals surface area contributed by atoms with Gasteiger partial charge in [0.05, 0.1) is 0 Å². The van der Waals surface area contributed by atoms with E-state index < -0.39 is 0 Å². The molecule has 0 aliphatic heterocycles. The lowest BCUT2D eigenvalue weighted by Crippen LogP contribution is -2.31. The molecule has 0 unspecified atom stereocenters. The minimum Gasteiger partial charge on any atom is -0.357 e. The first-order valence-corrected chi connectivity index (χ1v) is 5.80. The van der Waals surface area contributed by atoms with Crippen LogP contribution in [0.1, 0.15) is 18.9 Å². The number of carbonyl (C=O) groups is 1. The first-order valence-electron chi connectivity index (χ1n) is 5.80. The Morgan fingerprint density at radius 3 is 2.62 bits per heavy atom. The molecule has 0 spiro atoms. The van der Waals surface area contributed by atoms with Crippen molar-refractivity contribution in [3.63, 3.8) is 0 Å². The summed E-state index contributed by atoms with van der Waals surface area (Å²) in [5, 5.41) is 2.70. The van der Waals surface area contributed by atoms with Gasteiger partial charge in [0.1, 0.15) is 0 Å². The van der Waals surface area contributed by atoms with E-state index in [-0.39, 0.29) is 0 Å². The quantitative estimate of drug-likeness (QED) is 0.533. The standard InChI is InChI=1S/C13H20N2O/c1-2-9-15(10-8-14-12-16)11-13-6-4-3-5-7-13/h3-7,12H,2,8-11H2,1H3,(H,14,16). The van der Waals surface area contributed by atoms with Gasteiger partial charge in [0, 0.05) is 19.6 Å². The molecule has 0 heterocycles. The molecule has 3 heteroatoms. The molecule has 1 aromatic rings. The number of hydrogen-bond donors (Lipinski definition) is 1. The summed E-state index contributed by atoms with van der Waals surface area (Å²) < 4.78 is 0. The number of rotatable bonds is 8. The maximum atomic E-state index is 10.2. The molecule has 1 N–H and O–H groups in total. The summed E-state index contributed by atoms with van der Waals surface area (Å²) in [6.07, 6.45) is 1.89. The molecule has 88 valence electrons. The van der Waals surface area contributed by atoms with Crippen molar-refractivity contribution >= 4 is 6.41 Å². The number of benzene rings is 1. The zero-order chi connectivity index (χ0) is 11.6. The number of carbonyl (C=O) groups excluding carboxylic acids is 1. The van der Waals surface area contributed by atoms with Crippen LogP contribution in [0, 0.1) is 0 Å². The average Bonchev–Trinajstić information content (AvgIpc) is 2.31. The van der Waals surface area contributed by atoms with Crippen LogP contribution in [0.5, 0.6) is 0 Å². The number of nitrogens with one attached hydrogen (secondary N) is 1. The Morgan fingerprint density at radius 1 is 1.25 bits per heavy atom. The summed E-state index contributed by atoms with van der Waals surface area (Å²) in [4.78, 5) is 12.5. The maximum Gasteiger partial charge on any atom is 0.207 e. The number of nitrogens with zero attached hydrogens (tertiary/aromatic N) is 1. The molecule has 0 saturated carbocycles. The van der Waals surface area contributed by atoms with Crippen molar-refractivity contribution < 1.29 is 4.79 Å². The highest BCUT2D eigenvalue weighted by molar-refractivity contribution is 5.45. The second kappa shape index (κ2) is 7.88. The van der Waals surface area contributed by atoms with Gasteiger partial charge in [-0.15, -0.1) is 0 Å². The summed E-state index contributed by atoms with van der Waals surface area (Å²) in [5.74, 6) is 0. The van der Waals surface area contributed by atoms with Crippen LogP contribution in [0.15, 0.2) is 30.3 Å². The second-order valence-electron chi connectivity index (χ2n) is 3.83. The molecule has 0 bridgehead atoms. The van der Waals surface area contributed by atoms with Gasteiger partial charge in [-0.25, -0.2) is 0 Å². The Bertz CT molecular complexity index is 287. The van der Waals surface area contributed by atoms with Crippen molar-refractivity contribution in [3.05, 3.63) is 35.9 Å². The van der Waals surface area contributed by atoms with Gasteiger partial charge in [0.15, 0.2) is 0 Å². The highest BCUT2D eigenvalue weighted by Gasteiger charge is 2.03. The summed E-state index contributed by atoms with van der Waals surface area (Å²) in [6, 6.07) is 10.4. The van der Waals surface area contributed by atoms with Gasteiger partial charge in [-0.2, -0.15) is 0 Å². The summed E-state index contributed by atoms with van der Waals surface area (Å²) in [6.45, 7) is 5.81.